The Hall–Kier alpha value is -1.34. The van der Waals surface area contributed by atoms with E-state index in [-0.39, 0.29) is 0 Å². The average Bonchev–Trinajstić information content (AvgIpc) is 2.85. The Labute approximate surface area is 121 Å². The highest BCUT2D eigenvalue weighted by atomic mass is 32.2. The summed E-state index contributed by atoms with van der Waals surface area (Å²) in [6, 6.07) is 7.77. The Morgan fingerprint density at radius 1 is 1.50 bits per heavy atom. The topological polar surface area (TPSA) is 78.4 Å². The van der Waals surface area contributed by atoms with E-state index in [9.17, 15) is 5.11 Å². The van der Waals surface area contributed by atoms with E-state index in [2.05, 4.69) is 21.4 Å². The van der Waals surface area contributed by atoms with Gasteiger partial charge in [0.05, 0.1) is 17.1 Å². The summed E-state index contributed by atoms with van der Waals surface area (Å²) in [4.78, 5) is 11.9. The van der Waals surface area contributed by atoms with Crippen LogP contribution in [0.25, 0.3) is 11.0 Å². The summed E-state index contributed by atoms with van der Waals surface area (Å²) < 4.78 is 0. The van der Waals surface area contributed by atoms with Crippen molar-refractivity contribution in [2.24, 2.45) is 0 Å². The maximum absolute atomic E-state index is 9.94. The van der Waals surface area contributed by atoms with Crippen molar-refractivity contribution in [3.05, 3.63) is 36.4 Å². The van der Waals surface area contributed by atoms with Crippen LogP contribution in [0.2, 0.25) is 0 Å². The molecule has 0 aliphatic heterocycles. The van der Waals surface area contributed by atoms with Gasteiger partial charge >= 0.3 is 0 Å². The van der Waals surface area contributed by atoms with Gasteiger partial charge in [0.1, 0.15) is 6.10 Å². The van der Waals surface area contributed by atoms with Crippen molar-refractivity contribution in [3.8, 4) is 0 Å². The van der Waals surface area contributed by atoms with Crippen molar-refractivity contribution in [1.82, 2.24) is 9.97 Å². The van der Waals surface area contributed by atoms with E-state index in [1.165, 1.54) is 11.8 Å². The van der Waals surface area contributed by atoms with Gasteiger partial charge in [0.25, 0.3) is 0 Å². The van der Waals surface area contributed by atoms with Crippen LogP contribution in [-0.4, -0.2) is 38.3 Å². The Kier molecular flexibility index (Phi) is 5.19. The highest BCUT2D eigenvalue weighted by Crippen LogP contribution is 2.21. The van der Waals surface area contributed by atoms with Crippen molar-refractivity contribution in [3.63, 3.8) is 0 Å². The van der Waals surface area contributed by atoms with Crippen LogP contribution in [0.15, 0.2) is 41.6 Å². The van der Waals surface area contributed by atoms with Crippen LogP contribution in [0.3, 0.4) is 0 Å². The van der Waals surface area contributed by atoms with Gasteiger partial charge in [0, 0.05) is 12.2 Å². The molecule has 0 radical (unpaired) electrons. The van der Waals surface area contributed by atoms with E-state index in [0.717, 1.165) is 16.2 Å². The number of nitrogens with zero attached hydrogens (tertiary/aromatic N) is 1. The molecule has 2 rings (SSSR count). The number of benzene rings is 1. The molecule has 0 aliphatic rings. The maximum Gasteiger partial charge on any atom is 0.166 e. The number of nitrogens with one attached hydrogen (secondary N) is 1. The van der Waals surface area contributed by atoms with Gasteiger partial charge in [0.2, 0.25) is 0 Å². The monoisotopic (exact) mass is 294 g/mol. The summed E-state index contributed by atoms with van der Waals surface area (Å²) in [6.07, 6.45) is -0.845. The third-order valence-corrected chi connectivity index (χ3v) is 3.96. The fourth-order valence-corrected chi connectivity index (χ4v) is 2.65. The lowest BCUT2D eigenvalue weighted by atomic mass is 10.1. The van der Waals surface area contributed by atoms with E-state index in [0.29, 0.717) is 17.7 Å². The summed E-state index contributed by atoms with van der Waals surface area (Å²) in [5.41, 5.74) is 2.56. The zero-order valence-electron chi connectivity index (χ0n) is 11.2. The molecule has 1 aromatic carbocycles. The van der Waals surface area contributed by atoms with Crippen molar-refractivity contribution < 1.29 is 15.3 Å². The Bertz CT molecular complexity index is 552. The molecular weight excluding hydrogens is 276 g/mol. The number of hydrogen-bond donors (Lipinski definition) is 3. The van der Waals surface area contributed by atoms with Crippen LogP contribution in [0.4, 0.5) is 0 Å². The van der Waals surface area contributed by atoms with Crippen molar-refractivity contribution in [2.45, 2.75) is 30.7 Å². The smallest absolute Gasteiger partial charge is 0.166 e. The second-order valence-corrected chi connectivity index (χ2v) is 5.71. The SMILES string of the molecule is C=C(C)C(CC(O)CSc1nc2ccccc2[nH]1)OO. The number of hydrogen-bond acceptors (Lipinski definition) is 5. The van der Waals surface area contributed by atoms with Crippen molar-refractivity contribution >= 4 is 22.8 Å². The van der Waals surface area contributed by atoms with Crippen molar-refractivity contribution in [1.29, 1.82) is 0 Å². The van der Waals surface area contributed by atoms with E-state index in [1.54, 1.807) is 6.92 Å². The minimum Gasteiger partial charge on any atom is -0.392 e. The van der Waals surface area contributed by atoms with Crippen LogP contribution in [-0.2, 0) is 4.89 Å². The standard InChI is InChI=1S/C14H18N2O3S/c1-9(2)13(19-18)7-10(17)8-20-14-15-11-5-3-4-6-12(11)16-14/h3-6,10,13,17-18H,1,7-8H2,2H3,(H,15,16). The molecule has 2 atom stereocenters. The van der Waals surface area contributed by atoms with Gasteiger partial charge in [-0.05, 0) is 24.6 Å². The molecule has 3 N–H and O–H groups in total. The van der Waals surface area contributed by atoms with Gasteiger partial charge in [-0.1, -0.05) is 30.5 Å². The summed E-state index contributed by atoms with van der Waals surface area (Å²) >= 11 is 1.43. The summed E-state index contributed by atoms with van der Waals surface area (Å²) in [7, 11) is 0. The Morgan fingerprint density at radius 2 is 2.25 bits per heavy atom. The maximum atomic E-state index is 9.94. The third kappa shape index (κ3) is 3.83. The number of rotatable bonds is 7. The second-order valence-electron chi connectivity index (χ2n) is 4.70. The normalized spacial score (nSPS) is 14.3. The predicted octanol–water partition coefficient (Wildman–Crippen LogP) is 2.84. The fourth-order valence-electron chi connectivity index (χ4n) is 1.82. The molecule has 108 valence electrons. The molecule has 0 spiro atoms. The molecule has 0 bridgehead atoms. The van der Waals surface area contributed by atoms with Gasteiger partial charge < -0.3 is 10.1 Å². The molecule has 0 saturated heterocycles. The van der Waals surface area contributed by atoms with E-state index in [1.807, 2.05) is 24.3 Å². The molecule has 1 aromatic heterocycles. The van der Waals surface area contributed by atoms with E-state index < -0.39 is 12.2 Å². The summed E-state index contributed by atoms with van der Waals surface area (Å²) in [6.45, 7) is 5.46. The number of fused-ring (bicyclic) bond motifs is 1. The number of thioether (sulfide) groups is 1. The lowest BCUT2D eigenvalue weighted by molar-refractivity contribution is -0.272. The third-order valence-electron chi connectivity index (χ3n) is 2.94. The van der Waals surface area contributed by atoms with Gasteiger partial charge in [-0.25, -0.2) is 9.87 Å². The Balaban J connectivity index is 1.89. The Morgan fingerprint density at radius 3 is 2.90 bits per heavy atom. The zero-order valence-corrected chi connectivity index (χ0v) is 12.1. The lowest BCUT2D eigenvalue weighted by Crippen LogP contribution is -2.22. The number of para-hydroxylation sites is 2. The zero-order chi connectivity index (χ0) is 14.5. The first-order chi connectivity index (χ1) is 9.60. The first-order valence-corrected chi connectivity index (χ1v) is 7.30. The van der Waals surface area contributed by atoms with Crippen LogP contribution in [0.5, 0.6) is 0 Å². The molecule has 0 aliphatic carbocycles. The number of aromatic nitrogens is 2. The summed E-state index contributed by atoms with van der Waals surface area (Å²) in [5.74, 6) is 0.465. The van der Waals surface area contributed by atoms with Crippen LogP contribution < -0.4 is 0 Å². The first-order valence-electron chi connectivity index (χ1n) is 6.31. The molecule has 2 unspecified atom stereocenters. The molecule has 0 amide bonds. The first kappa shape index (κ1) is 15.1. The van der Waals surface area contributed by atoms with Gasteiger partial charge in [0.15, 0.2) is 5.16 Å². The lowest BCUT2D eigenvalue weighted by Gasteiger charge is -2.16. The quantitative estimate of drug-likeness (QED) is 0.317. The number of imidazole rings is 1. The molecule has 5 nitrogen and oxygen atoms in total. The minimum absolute atomic E-state index is 0.305. The molecule has 20 heavy (non-hydrogen) atoms. The highest BCUT2D eigenvalue weighted by molar-refractivity contribution is 7.99. The molecule has 1 heterocycles. The molecular formula is C14H18N2O3S. The summed E-state index contributed by atoms with van der Waals surface area (Å²) in [5, 5.41) is 19.4. The molecule has 2 aromatic rings. The number of H-pyrrole nitrogens is 1. The molecule has 6 heteroatoms. The van der Waals surface area contributed by atoms with E-state index in [4.69, 9.17) is 5.26 Å². The van der Waals surface area contributed by atoms with Gasteiger partial charge in [-0.2, -0.15) is 0 Å². The largest absolute Gasteiger partial charge is 0.392 e. The molecule has 0 fully saturated rings. The fraction of sp³-hybridized carbons (Fsp3) is 0.357. The van der Waals surface area contributed by atoms with Gasteiger partial charge in [-0.15, -0.1) is 0 Å². The van der Waals surface area contributed by atoms with Crippen LogP contribution in [0, 0.1) is 0 Å². The number of aromatic amines is 1. The van der Waals surface area contributed by atoms with Crippen LogP contribution >= 0.6 is 11.8 Å². The van der Waals surface area contributed by atoms with Gasteiger partial charge in [-0.3, -0.25) is 5.26 Å². The van der Waals surface area contributed by atoms with Crippen LogP contribution in [0.1, 0.15) is 13.3 Å². The molecule has 0 saturated carbocycles. The van der Waals surface area contributed by atoms with Crippen molar-refractivity contribution in [2.75, 3.05) is 5.75 Å². The average molecular weight is 294 g/mol. The second kappa shape index (κ2) is 6.90. The number of aliphatic hydroxyl groups is 1. The van der Waals surface area contributed by atoms with E-state index >= 15 is 0 Å². The number of aliphatic hydroxyl groups excluding tert-OH is 1. The minimum atomic E-state index is -0.609. The predicted molar refractivity (Wildman–Crippen MR) is 79.8 cm³/mol. The highest BCUT2D eigenvalue weighted by Gasteiger charge is 2.17.